The highest BCUT2D eigenvalue weighted by atomic mass is 19.1. The van der Waals surface area contributed by atoms with Crippen molar-refractivity contribution >= 4 is 11.9 Å². The van der Waals surface area contributed by atoms with Crippen LogP contribution in [0.3, 0.4) is 0 Å². The number of aryl methyl sites for hydroxylation is 1. The molecule has 3 heterocycles. The number of amides is 1. The maximum absolute atomic E-state index is 14.8. The lowest BCUT2D eigenvalue weighted by Crippen LogP contribution is -2.36. The number of hydrogen-bond donors (Lipinski definition) is 1. The first-order valence-electron chi connectivity index (χ1n) is 12.2. The van der Waals surface area contributed by atoms with Crippen molar-refractivity contribution in [3.63, 3.8) is 0 Å². The number of unbranched alkanes of at least 4 members (excludes halogenated alkanes) is 1. The molecule has 0 spiro atoms. The van der Waals surface area contributed by atoms with Crippen molar-refractivity contribution in [3.8, 4) is 5.75 Å². The Morgan fingerprint density at radius 2 is 2.12 bits per heavy atom. The summed E-state index contributed by atoms with van der Waals surface area (Å²) in [6.07, 6.45) is 4.70. The van der Waals surface area contributed by atoms with E-state index in [1.807, 2.05) is 34.6 Å². The molecule has 1 aromatic heterocycles. The van der Waals surface area contributed by atoms with Crippen LogP contribution in [-0.4, -0.2) is 53.5 Å². The van der Waals surface area contributed by atoms with E-state index in [1.54, 1.807) is 4.90 Å². The lowest BCUT2D eigenvalue weighted by Gasteiger charge is -2.24. The molecular formula is C25H40FN3O3. The van der Waals surface area contributed by atoms with E-state index in [9.17, 15) is 9.18 Å². The fourth-order valence-corrected chi connectivity index (χ4v) is 4.40. The highest BCUT2D eigenvalue weighted by molar-refractivity contribution is 5.68. The molecule has 180 valence electrons. The second-order valence-electron chi connectivity index (χ2n) is 10.4. The number of hydrogen-bond acceptors (Lipinski definition) is 5. The molecule has 2 atom stereocenters. The van der Waals surface area contributed by atoms with Gasteiger partial charge in [-0.3, -0.25) is 0 Å². The van der Waals surface area contributed by atoms with Crippen molar-refractivity contribution in [2.45, 2.75) is 97.4 Å². The number of rotatable bonds is 8. The van der Waals surface area contributed by atoms with Crippen LogP contribution >= 0.6 is 0 Å². The number of pyridine rings is 1. The maximum atomic E-state index is 14.8. The zero-order valence-electron chi connectivity index (χ0n) is 20.4. The molecule has 0 unspecified atom stereocenters. The summed E-state index contributed by atoms with van der Waals surface area (Å²) in [4.78, 5) is 18.6. The van der Waals surface area contributed by atoms with Crippen LogP contribution in [0.2, 0.25) is 0 Å². The third-order valence-electron chi connectivity index (χ3n) is 5.95. The third kappa shape index (κ3) is 6.97. The molecule has 0 bridgehead atoms. The number of aromatic nitrogens is 1. The number of ether oxygens (including phenoxy) is 2. The minimum Gasteiger partial charge on any atom is -0.491 e. The van der Waals surface area contributed by atoms with Crippen molar-refractivity contribution < 1.29 is 18.7 Å². The van der Waals surface area contributed by atoms with Crippen LogP contribution in [0.1, 0.15) is 78.0 Å². The molecule has 1 amide bonds. The molecule has 32 heavy (non-hydrogen) atoms. The van der Waals surface area contributed by atoms with Crippen LogP contribution in [0.5, 0.6) is 5.75 Å². The van der Waals surface area contributed by atoms with Crippen molar-refractivity contribution in [2.75, 3.05) is 25.0 Å². The Labute approximate surface area is 192 Å². The van der Waals surface area contributed by atoms with Gasteiger partial charge in [-0.25, -0.2) is 14.2 Å². The fourth-order valence-electron chi connectivity index (χ4n) is 4.40. The predicted octanol–water partition coefficient (Wildman–Crippen LogP) is 5.53. The summed E-state index contributed by atoms with van der Waals surface area (Å²) in [6.45, 7) is 11.6. The summed E-state index contributed by atoms with van der Waals surface area (Å²) in [7, 11) is 0. The normalized spacial score (nSPS) is 19.5. The predicted molar refractivity (Wildman–Crippen MR) is 125 cm³/mol. The Morgan fingerprint density at radius 3 is 2.84 bits per heavy atom. The van der Waals surface area contributed by atoms with E-state index in [4.69, 9.17) is 14.5 Å². The van der Waals surface area contributed by atoms with Gasteiger partial charge >= 0.3 is 6.09 Å². The van der Waals surface area contributed by atoms with Crippen LogP contribution in [0.25, 0.3) is 0 Å². The van der Waals surface area contributed by atoms with Gasteiger partial charge in [-0.1, -0.05) is 6.42 Å². The van der Waals surface area contributed by atoms with Crippen LogP contribution in [0.15, 0.2) is 6.07 Å². The molecule has 0 radical (unpaired) electrons. The molecule has 2 aliphatic rings. The lowest BCUT2D eigenvalue weighted by molar-refractivity contribution is 0.0280. The zero-order chi connectivity index (χ0) is 23.3. The Hall–Kier alpha value is -2.05. The molecule has 0 saturated carbocycles. The van der Waals surface area contributed by atoms with Crippen LogP contribution < -0.4 is 10.1 Å². The van der Waals surface area contributed by atoms with E-state index < -0.39 is 11.8 Å². The topological polar surface area (TPSA) is 63.7 Å². The van der Waals surface area contributed by atoms with Gasteiger partial charge in [-0.2, -0.15) is 0 Å². The average molecular weight is 450 g/mol. The quantitative estimate of drug-likeness (QED) is 0.528. The first kappa shape index (κ1) is 24.6. The summed E-state index contributed by atoms with van der Waals surface area (Å²) in [5.41, 5.74) is 1.65. The van der Waals surface area contributed by atoms with Crippen molar-refractivity contribution in [1.82, 2.24) is 9.88 Å². The van der Waals surface area contributed by atoms with Crippen LogP contribution in [0, 0.1) is 5.92 Å². The van der Waals surface area contributed by atoms with Crippen molar-refractivity contribution in [1.29, 1.82) is 0 Å². The number of nitrogens with one attached hydrogen (secondary N) is 1. The van der Waals surface area contributed by atoms with E-state index in [0.717, 1.165) is 55.9 Å². The van der Waals surface area contributed by atoms with Gasteiger partial charge in [0.2, 0.25) is 0 Å². The van der Waals surface area contributed by atoms with Gasteiger partial charge < -0.3 is 19.7 Å². The standard InChI is InChI=1S/C25H40FN3O3/c1-17(2)31-22-15-19(28-23-20(22)10-8-13-27-23)9-6-7-11-21(26)18-12-14-29(16-18)24(30)32-25(3,4)5/h15,17-18,21H,6-14,16H2,1-5H3,(H,27,28)/t18-,21-/m1/s1. The van der Waals surface area contributed by atoms with Gasteiger partial charge in [-0.15, -0.1) is 0 Å². The zero-order valence-corrected chi connectivity index (χ0v) is 20.4. The molecule has 6 nitrogen and oxygen atoms in total. The average Bonchev–Trinajstić information content (AvgIpc) is 3.20. The summed E-state index contributed by atoms with van der Waals surface area (Å²) in [5, 5.41) is 3.40. The molecule has 1 aromatic rings. The number of alkyl halides is 1. The van der Waals surface area contributed by atoms with E-state index in [1.165, 1.54) is 5.56 Å². The van der Waals surface area contributed by atoms with Gasteiger partial charge in [0.15, 0.2) is 0 Å². The lowest BCUT2D eigenvalue weighted by atomic mass is 9.97. The highest BCUT2D eigenvalue weighted by Crippen LogP contribution is 2.32. The van der Waals surface area contributed by atoms with Crippen LogP contribution in [-0.2, 0) is 17.6 Å². The SMILES string of the molecule is CC(C)Oc1cc(CCCC[C@@H](F)[C@@H]2CCN(C(=O)OC(C)(C)C)C2)nc2c1CCCN2. The third-order valence-corrected chi connectivity index (χ3v) is 5.95. The van der Waals surface area contributed by atoms with E-state index in [-0.39, 0.29) is 18.1 Å². The molecule has 3 rings (SSSR count). The number of fused-ring (bicyclic) bond motifs is 1. The van der Waals surface area contributed by atoms with Gasteiger partial charge in [0.25, 0.3) is 0 Å². The molecule has 1 N–H and O–H groups in total. The minimum atomic E-state index is -0.888. The van der Waals surface area contributed by atoms with E-state index in [0.29, 0.717) is 25.9 Å². The second kappa shape index (κ2) is 10.7. The molecule has 7 heteroatoms. The van der Waals surface area contributed by atoms with Gasteiger partial charge in [0, 0.05) is 42.9 Å². The number of carbonyl (C=O) groups is 1. The van der Waals surface area contributed by atoms with Gasteiger partial charge in [0.05, 0.1) is 6.10 Å². The Balaban J connectivity index is 1.46. The largest absolute Gasteiger partial charge is 0.491 e. The fraction of sp³-hybridized carbons (Fsp3) is 0.760. The first-order chi connectivity index (χ1) is 15.1. The Morgan fingerprint density at radius 1 is 1.34 bits per heavy atom. The number of nitrogens with zero attached hydrogens (tertiary/aromatic N) is 2. The summed E-state index contributed by atoms with van der Waals surface area (Å²) >= 11 is 0. The van der Waals surface area contributed by atoms with E-state index >= 15 is 0 Å². The van der Waals surface area contributed by atoms with Crippen molar-refractivity contribution in [2.24, 2.45) is 5.92 Å². The number of carbonyl (C=O) groups excluding carboxylic acids is 1. The summed E-state index contributed by atoms with van der Waals surface area (Å²) < 4.78 is 26.3. The Bertz CT molecular complexity index is 778. The molecule has 1 saturated heterocycles. The Kier molecular flexibility index (Phi) is 8.23. The first-order valence-corrected chi connectivity index (χ1v) is 12.2. The van der Waals surface area contributed by atoms with Gasteiger partial charge in [-0.05, 0) is 73.1 Å². The van der Waals surface area contributed by atoms with Crippen LogP contribution in [0.4, 0.5) is 15.0 Å². The maximum Gasteiger partial charge on any atom is 0.410 e. The molecule has 2 aliphatic heterocycles. The number of halogens is 1. The molecular weight excluding hydrogens is 409 g/mol. The molecule has 0 aliphatic carbocycles. The van der Waals surface area contributed by atoms with E-state index in [2.05, 4.69) is 11.4 Å². The highest BCUT2D eigenvalue weighted by Gasteiger charge is 2.33. The molecule has 0 aromatic carbocycles. The van der Waals surface area contributed by atoms with Crippen molar-refractivity contribution in [3.05, 3.63) is 17.3 Å². The monoisotopic (exact) mass is 449 g/mol. The number of anilines is 1. The van der Waals surface area contributed by atoms with Gasteiger partial charge in [0.1, 0.15) is 23.3 Å². The summed E-state index contributed by atoms with van der Waals surface area (Å²) in [6, 6.07) is 2.06. The summed E-state index contributed by atoms with van der Waals surface area (Å²) in [5.74, 6) is 1.78. The second-order valence-corrected chi connectivity index (χ2v) is 10.4. The molecule has 1 fully saturated rings. The smallest absolute Gasteiger partial charge is 0.410 e. The minimum absolute atomic E-state index is 0.0976. The number of likely N-dealkylation sites (tertiary alicyclic amines) is 1.